The fourth-order valence-corrected chi connectivity index (χ4v) is 2.48. The number of hydrogen-bond acceptors (Lipinski definition) is 5. The highest BCUT2D eigenvalue weighted by Crippen LogP contribution is 2.28. The molecule has 8 heteroatoms. The van der Waals surface area contributed by atoms with Crippen molar-refractivity contribution in [2.75, 3.05) is 20.1 Å². The van der Waals surface area contributed by atoms with Gasteiger partial charge in [-0.15, -0.1) is 0 Å². The van der Waals surface area contributed by atoms with E-state index in [4.69, 9.17) is 0 Å². The minimum Gasteiger partial charge on any atom is -0.494 e. The number of nitrogens with zero attached hydrogens (tertiary/aromatic N) is 1. The molecular weight excluding hydrogens is 331 g/mol. The molecule has 5 nitrogen and oxygen atoms in total. The van der Waals surface area contributed by atoms with Crippen molar-refractivity contribution in [1.29, 1.82) is 0 Å². The van der Waals surface area contributed by atoms with Crippen LogP contribution in [0.25, 0.3) is 0 Å². The maximum Gasteiger partial charge on any atom is 0.674 e. The Morgan fingerprint density at radius 1 is 1.04 bits per heavy atom. The summed E-state index contributed by atoms with van der Waals surface area (Å²) in [5.74, 6) is -5.24. The van der Waals surface area contributed by atoms with Gasteiger partial charge in [0.1, 0.15) is 0 Å². The zero-order valence-electron chi connectivity index (χ0n) is 14.8. The number of rotatable bonds is 3. The fraction of sp³-hybridized carbons (Fsp3) is 0.529. The van der Waals surface area contributed by atoms with Crippen molar-refractivity contribution in [2.45, 2.75) is 38.4 Å². The van der Waals surface area contributed by atoms with Crippen LogP contribution in [-0.4, -0.2) is 49.9 Å². The van der Waals surface area contributed by atoms with E-state index in [2.05, 4.69) is 9.31 Å². The first-order chi connectivity index (χ1) is 11.5. The van der Waals surface area contributed by atoms with Crippen LogP contribution in [0, 0.1) is 0 Å². The molecule has 136 valence electrons. The molecule has 0 amide bonds. The summed E-state index contributed by atoms with van der Waals surface area (Å²) in [5, 5.41) is 0. The van der Waals surface area contributed by atoms with Crippen molar-refractivity contribution in [2.24, 2.45) is 0 Å². The topological polar surface area (TPSA) is 55.8 Å². The molecule has 0 aromatic heterocycles. The Balaban J connectivity index is 2.13. The predicted octanol–water partition coefficient (Wildman–Crippen LogP) is 2.22. The maximum absolute atomic E-state index is 14.5. The van der Waals surface area contributed by atoms with Crippen LogP contribution in [-0.2, 0) is 30.7 Å². The summed E-state index contributed by atoms with van der Waals surface area (Å²) < 4.78 is 38.4. The van der Waals surface area contributed by atoms with E-state index in [1.807, 2.05) is 20.8 Å². The molecular formula is C17H22BF2NO4. The number of carbonyl (C=O) groups is 2. The second kappa shape index (κ2) is 7.11. The van der Waals surface area contributed by atoms with E-state index >= 15 is 0 Å². The Bertz CT molecular complexity index is 623. The average molecular weight is 353 g/mol. The van der Waals surface area contributed by atoms with E-state index in [0.717, 1.165) is 5.56 Å². The Morgan fingerprint density at radius 2 is 1.52 bits per heavy atom. The zero-order valence-corrected chi connectivity index (χ0v) is 14.8. The maximum atomic E-state index is 14.5. The molecule has 0 unspecified atom stereocenters. The second-order valence-corrected chi connectivity index (χ2v) is 7.37. The summed E-state index contributed by atoms with van der Waals surface area (Å²) in [6.07, 6.45) is -0.696. The van der Waals surface area contributed by atoms with Gasteiger partial charge in [-0.05, 0) is 23.6 Å². The highest BCUT2D eigenvalue weighted by molar-refractivity contribution is 6.52. The summed E-state index contributed by atoms with van der Waals surface area (Å²) in [4.78, 5) is 24.6. The number of likely N-dealkylation sites (N-methyl/N-ethyl adjacent to an activating group) is 1. The van der Waals surface area contributed by atoms with Gasteiger partial charge in [-0.2, -0.15) is 0 Å². The number of hydrogen-bond donors (Lipinski definition) is 0. The van der Waals surface area contributed by atoms with Crippen LogP contribution in [0.2, 0.25) is 0 Å². The Kier molecular flexibility index (Phi) is 5.51. The van der Waals surface area contributed by atoms with Crippen molar-refractivity contribution in [3.05, 3.63) is 35.4 Å². The van der Waals surface area contributed by atoms with Crippen LogP contribution in [0.3, 0.4) is 0 Å². The van der Waals surface area contributed by atoms with Gasteiger partial charge < -0.3 is 9.31 Å². The van der Waals surface area contributed by atoms with Crippen LogP contribution in [0.4, 0.5) is 8.78 Å². The highest BCUT2D eigenvalue weighted by atomic mass is 19.3. The van der Waals surface area contributed by atoms with Crippen LogP contribution < -0.4 is 0 Å². The van der Waals surface area contributed by atoms with Crippen LogP contribution in [0.1, 0.15) is 31.9 Å². The lowest BCUT2D eigenvalue weighted by Crippen LogP contribution is -2.52. The third-order valence-electron chi connectivity index (χ3n) is 3.88. The molecule has 2 rings (SSSR count). The summed E-state index contributed by atoms with van der Waals surface area (Å²) in [7, 11) is -0.721. The monoisotopic (exact) mass is 353 g/mol. The van der Waals surface area contributed by atoms with Gasteiger partial charge in [-0.1, -0.05) is 45.0 Å². The predicted molar refractivity (Wildman–Crippen MR) is 89.2 cm³/mol. The van der Waals surface area contributed by atoms with Crippen LogP contribution in [0.15, 0.2) is 24.3 Å². The lowest BCUT2D eigenvalue weighted by Gasteiger charge is -2.26. The van der Waals surface area contributed by atoms with Crippen molar-refractivity contribution in [1.82, 2.24) is 4.90 Å². The number of benzene rings is 1. The third-order valence-corrected chi connectivity index (χ3v) is 3.88. The third kappa shape index (κ3) is 5.26. The molecule has 1 heterocycles. The molecule has 25 heavy (non-hydrogen) atoms. The first-order valence-corrected chi connectivity index (χ1v) is 8.02. The van der Waals surface area contributed by atoms with E-state index in [1.54, 1.807) is 24.3 Å². The van der Waals surface area contributed by atoms with E-state index < -0.39 is 31.3 Å². The van der Waals surface area contributed by atoms with Gasteiger partial charge in [0.25, 0.3) is 0 Å². The van der Waals surface area contributed by atoms with Gasteiger partial charge in [-0.25, -0.2) is 8.78 Å². The van der Waals surface area contributed by atoms with E-state index in [9.17, 15) is 18.4 Å². The molecule has 1 aromatic rings. The molecule has 1 aliphatic rings. The lowest BCUT2D eigenvalue weighted by atomic mass is 9.75. The molecule has 0 N–H and O–H groups in total. The van der Waals surface area contributed by atoms with Gasteiger partial charge in [0.2, 0.25) is 0 Å². The largest absolute Gasteiger partial charge is 0.674 e. The SMILES string of the molecule is CN1CC(=O)OB(C(F)(F)Cc2ccc(C(C)(C)C)cc2)OC(=O)C1. The smallest absolute Gasteiger partial charge is 0.494 e. The quantitative estimate of drug-likeness (QED) is 0.780. The summed E-state index contributed by atoms with van der Waals surface area (Å²) in [6, 6.07) is 6.79. The van der Waals surface area contributed by atoms with Gasteiger partial charge in [0.05, 0.1) is 13.1 Å². The van der Waals surface area contributed by atoms with Gasteiger partial charge >= 0.3 is 24.9 Å². The van der Waals surface area contributed by atoms with Crippen LogP contribution >= 0.6 is 0 Å². The Labute approximate surface area is 146 Å². The molecule has 0 saturated carbocycles. The van der Waals surface area contributed by atoms with E-state index in [-0.39, 0.29) is 18.5 Å². The lowest BCUT2D eigenvalue weighted by molar-refractivity contribution is -0.149. The van der Waals surface area contributed by atoms with Crippen molar-refractivity contribution in [3.63, 3.8) is 0 Å². The molecule has 1 aliphatic heterocycles. The Hall–Kier alpha value is -1.96. The first-order valence-electron chi connectivity index (χ1n) is 8.02. The van der Waals surface area contributed by atoms with Crippen molar-refractivity contribution >= 4 is 19.1 Å². The molecule has 0 aliphatic carbocycles. The number of halogens is 2. The summed E-state index contributed by atoms with van der Waals surface area (Å²) in [5.41, 5.74) is 1.30. The normalized spacial score (nSPS) is 17.6. The Morgan fingerprint density at radius 3 is 1.96 bits per heavy atom. The van der Waals surface area contributed by atoms with E-state index in [1.165, 1.54) is 11.9 Å². The average Bonchev–Trinajstić information content (AvgIpc) is 2.43. The molecule has 1 aromatic carbocycles. The molecule has 1 fully saturated rings. The fourth-order valence-electron chi connectivity index (χ4n) is 2.48. The van der Waals surface area contributed by atoms with Crippen LogP contribution in [0.5, 0.6) is 0 Å². The number of alkyl halides is 2. The molecule has 0 bridgehead atoms. The first kappa shape index (κ1) is 19.4. The standard InChI is InChI=1S/C17H22BF2NO4/c1-16(2,3)13-7-5-12(6-8-13)9-17(19,20)18-24-14(22)10-21(4)11-15(23)25-18/h5-8H,9-11H2,1-4H3. The zero-order chi connectivity index (χ0) is 18.8. The highest BCUT2D eigenvalue weighted by Gasteiger charge is 2.55. The molecule has 1 saturated heterocycles. The second-order valence-electron chi connectivity index (χ2n) is 7.37. The summed E-state index contributed by atoms with van der Waals surface area (Å²) >= 11 is 0. The minimum absolute atomic E-state index is 0.0856. The van der Waals surface area contributed by atoms with Crippen molar-refractivity contribution < 1.29 is 27.7 Å². The molecule has 0 atom stereocenters. The molecule has 0 spiro atoms. The summed E-state index contributed by atoms with van der Waals surface area (Å²) in [6.45, 7) is 5.59. The van der Waals surface area contributed by atoms with E-state index in [0.29, 0.717) is 5.56 Å². The van der Waals surface area contributed by atoms with Crippen molar-refractivity contribution in [3.8, 4) is 0 Å². The molecule has 0 radical (unpaired) electrons. The van der Waals surface area contributed by atoms with Gasteiger partial charge in [-0.3, -0.25) is 14.5 Å². The van der Waals surface area contributed by atoms with Gasteiger partial charge in [0.15, 0.2) is 0 Å². The van der Waals surface area contributed by atoms with Gasteiger partial charge in [0, 0.05) is 6.42 Å². The number of carbonyl (C=O) groups excluding carboxylic acids is 2. The minimum atomic E-state index is -3.52.